The third-order valence-electron chi connectivity index (χ3n) is 4.21. The fraction of sp³-hybridized carbons (Fsp3) is 0.312. The van der Waals surface area contributed by atoms with Crippen LogP contribution in [0.5, 0.6) is 0 Å². The van der Waals surface area contributed by atoms with Crippen molar-refractivity contribution in [2.45, 2.75) is 20.4 Å². The Kier molecular flexibility index (Phi) is 3.60. The Morgan fingerprint density at radius 1 is 1.13 bits per heavy atom. The van der Waals surface area contributed by atoms with Crippen molar-refractivity contribution < 1.29 is 0 Å². The summed E-state index contributed by atoms with van der Waals surface area (Å²) in [5.41, 5.74) is 3.52. The largest absolute Gasteiger partial charge is 0.332 e. The Balaban J connectivity index is 2.33. The van der Waals surface area contributed by atoms with Crippen molar-refractivity contribution in [3.8, 4) is 0 Å². The number of fused-ring (bicyclic) bond motifs is 1. The fourth-order valence-corrected chi connectivity index (χ4v) is 3.03. The van der Waals surface area contributed by atoms with Crippen molar-refractivity contribution >= 4 is 23.4 Å². The summed E-state index contributed by atoms with van der Waals surface area (Å²) >= 11 is 5.38. The van der Waals surface area contributed by atoms with Crippen LogP contribution in [-0.4, -0.2) is 18.7 Å². The molecule has 0 saturated heterocycles. The monoisotopic (exact) mass is 330 g/mol. The molecule has 0 spiro atoms. The quantitative estimate of drug-likeness (QED) is 0.728. The first-order chi connectivity index (χ1) is 10.8. The van der Waals surface area contributed by atoms with E-state index in [1.54, 1.807) is 11.6 Å². The second kappa shape index (κ2) is 5.34. The van der Waals surface area contributed by atoms with E-state index in [0.29, 0.717) is 22.5 Å². The standard InChI is InChI=1S/C16H18N4O2S/c1-9-5-6-10(2)11(7-9)8-20-12-13(17-15(20)23)18(3)16(22)19(4)14(12)21/h5-7H,8H2,1-4H3,(H,17,23). The highest BCUT2D eigenvalue weighted by Gasteiger charge is 2.15. The lowest BCUT2D eigenvalue weighted by molar-refractivity contribution is 0.702. The van der Waals surface area contributed by atoms with Gasteiger partial charge in [-0.05, 0) is 37.2 Å². The van der Waals surface area contributed by atoms with Gasteiger partial charge in [0.25, 0.3) is 5.56 Å². The van der Waals surface area contributed by atoms with Gasteiger partial charge >= 0.3 is 5.69 Å². The van der Waals surface area contributed by atoms with Crippen molar-refractivity contribution in [2.24, 2.45) is 14.1 Å². The first kappa shape index (κ1) is 15.5. The zero-order chi connectivity index (χ0) is 16.9. The van der Waals surface area contributed by atoms with Crippen molar-refractivity contribution in [3.63, 3.8) is 0 Å². The molecule has 0 aliphatic carbocycles. The second-order valence-electron chi connectivity index (χ2n) is 5.85. The normalized spacial score (nSPS) is 11.3. The molecule has 3 rings (SSSR count). The molecule has 0 atom stereocenters. The van der Waals surface area contributed by atoms with E-state index in [1.165, 1.54) is 11.6 Å². The Morgan fingerprint density at radius 3 is 2.52 bits per heavy atom. The van der Waals surface area contributed by atoms with Crippen LogP contribution in [0.15, 0.2) is 27.8 Å². The fourth-order valence-electron chi connectivity index (χ4n) is 2.77. The van der Waals surface area contributed by atoms with E-state index in [2.05, 4.69) is 23.2 Å². The highest BCUT2D eigenvalue weighted by Crippen LogP contribution is 2.15. The van der Waals surface area contributed by atoms with Gasteiger partial charge in [0, 0.05) is 14.1 Å². The van der Waals surface area contributed by atoms with Crippen molar-refractivity contribution in [1.82, 2.24) is 18.7 Å². The van der Waals surface area contributed by atoms with E-state index in [1.807, 2.05) is 13.8 Å². The van der Waals surface area contributed by atoms with Crippen LogP contribution in [-0.2, 0) is 20.6 Å². The molecule has 2 aromatic heterocycles. The molecule has 23 heavy (non-hydrogen) atoms. The molecule has 2 heterocycles. The van der Waals surface area contributed by atoms with E-state index >= 15 is 0 Å². The number of rotatable bonds is 2. The SMILES string of the molecule is Cc1ccc(C)c(Cn2c(=S)[nH]c3c2c(=O)n(C)c(=O)n3C)c1. The van der Waals surface area contributed by atoms with E-state index < -0.39 is 0 Å². The molecule has 1 aromatic carbocycles. The lowest BCUT2D eigenvalue weighted by Crippen LogP contribution is -2.37. The minimum absolute atomic E-state index is 0.347. The van der Waals surface area contributed by atoms with Gasteiger partial charge in [0.05, 0.1) is 6.54 Å². The van der Waals surface area contributed by atoms with Crippen LogP contribution in [0.3, 0.4) is 0 Å². The molecule has 0 radical (unpaired) electrons. The van der Waals surface area contributed by atoms with E-state index in [4.69, 9.17) is 12.2 Å². The maximum absolute atomic E-state index is 12.5. The highest BCUT2D eigenvalue weighted by atomic mass is 32.1. The number of nitrogens with one attached hydrogen (secondary N) is 1. The minimum atomic E-state index is -0.377. The van der Waals surface area contributed by atoms with Gasteiger partial charge in [-0.15, -0.1) is 0 Å². The summed E-state index contributed by atoms with van der Waals surface area (Å²) < 4.78 is 4.70. The summed E-state index contributed by atoms with van der Waals surface area (Å²) in [7, 11) is 3.10. The van der Waals surface area contributed by atoms with Crippen LogP contribution in [0, 0.1) is 18.6 Å². The zero-order valence-electron chi connectivity index (χ0n) is 13.5. The summed E-state index contributed by atoms with van der Waals surface area (Å²) in [6, 6.07) is 6.19. The van der Waals surface area contributed by atoms with Gasteiger partial charge in [-0.25, -0.2) is 4.79 Å². The number of nitrogens with zero attached hydrogens (tertiary/aromatic N) is 3. The molecule has 0 aliphatic heterocycles. The lowest BCUT2D eigenvalue weighted by atomic mass is 10.1. The van der Waals surface area contributed by atoms with E-state index in [-0.39, 0.29) is 11.2 Å². The number of aromatic nitrogens is 4. The van der Waals surface area contributed by atoms with Crippen LogP contribution in [0.25, 0.3) is 11.2 Å². The number of aryl methyl sites for hydroxylation is 3. The van der Waals surface area contributed by atoms with Crippen molar-refractivity contribution in [1.29, 1.82) is 0 Å². The number of imidazole rings is 1. The molecule has 0 bridgehead atoms. The van der Waals surface area contributed by atoms with Gasteiger partial charge < -0.3 is 9.55 Å². The van der Waals surface area contributed by atoms with Gasteiger partial charge in [0.1, 0.15) is 5.65 Å². The number of hydrogen-bond donors (Lipinski definition) is 1. The molecule has 1 N–H and O–H groups in total. The lowest BCUT2D eigenvalue weighted by Gasteiger charge is -2.10. The molecular weight excluding hydrogens is 312 g/mol. The molecule has 0 fully saturated rings. The van der Waals surface area contributed by atoms with Gasteiger partial charge in [0.15, 0.2) is 10.3 Å². The average Bonchev–Trinajstić information content (AvgIpc) is 2.84. The summed E-state index contributed by atoms with van der Waals surface area (Å²) in [5.74, 6) is 0. The molecule has 6 nitrogen and oxygen atoms in total. The Bertz CT molecular complexity index is 1100. The van der Waals surface area contributed by atoms with Crippen LogP contribution in [0.2, 0.25) is 0 Å². The summed E-state index contributed by atoms with van der Waals surface area (Å²) in [6.45, 7) is 4.54. The Labute approximate surface area is 137 Å². The summed E-state index contributed by atoms with van der Waals surface area (Å²) in [4.78, 5) is 27.6. The van der Waals surface area contributed by atoms with Gasteiger partial charge in [-0.2, -0.15) is 0 Å². The molecular formula is C16H18N4O2S. The van der Waals surface area contributed by atoms with Crippen LogP contribution in [0.1, 0.15) is 16.7 Å². The smallest absolute Gasteiger partial charge is 0.316 e. The predicted octanol–water partition coefficient (Wildman–Crippen LogP) is 1.76. The summed E-state index contributed by atoms with van der Waals surface area (Å²) in [5, 5.41) is 0. The first-order valence-corrected chi connectivity index (χ1v) is 7.66. The maximum Gasteiger partial charge on any atom is 0.332 e. The highest BCUT2D eigenvalue weighted by molar-refractivity contribution is 7.71. The topological polar surface area (TPSA) is 64.7 Å². The van der Waals surface area contributed by atoms with Crippen molar-refractivity contribution in [3.05, 3.63) is 60.5 Å². The molecule has 0 unspecified atom stereocenters. The van der Waals surface area contributed by atoms with E-state index in [9.17, 15) is 9.59 Å². The third-order valence-corrected chi connectivity index (χ3v) is 4.54. The van der Waals surface area contributed by atoms with Gasteiger partial charge in [-0.3, -0.25) is 13.9 Å². The Hall–Kier alpha value is -2.41. The Morgan fingerprint density at radius 2 is 1.83 bits per heavy atom. The van der Waals surface area contributed by atoms with E-state index in [0.717, 1.165) is 21.3 Å². The molecule has 7 heteroatoms. The predicted molar refractivity (Wildman–Crippen MR) is 92.6 cm³/mol. The van der Waals surface area contributed by atoms with Crippen LogP contribution in [0.4, 0.5) is 0 Å². The summed E-state index contributed by atoms with van der Waals surface area (Å²) in [6.07, 6.45) is 0. The van der Waals surface area contributed by atoms with Gasteiger partial charge in [-0.1, -0.05) is 23.8 Å². The number of aromatic amines is 1. The third kappa shape index (κ3) is 2.37. The molecule has 0 saturated carbocycles. The second-order valence-corrected chi connectivity index (χ2v) is 6.24. The zero-order valence-corrected chi connectivity index (χ0v) is 14.3. The average molecular weight is 330 g/mol. The first-order valence-electron chi connectivity index (χ1n) is 7.26. The van der Waals surface area contributed by atoms with Crippen molar-refractivity contribution in [2.75, 3.05) is 0 Å². The van der Waals surface area contributed by atoms with Crippen LogP contribution >= 0.6 is 12.2 Å². The molecule has 0 amide bonds. The number of hydrogen-bond acceptors (Lipinski definition) is 3. The number of H-pyrrole nitrogens is 1. The molecule has 0 aliphatic rings. The minimum Gasteiger partial charge on any atom is -0.316 e. The maximum atomic E-state index is 12.5. The van der Waals surface area contributed by atoms with Crippen LogP contribution < -0.4 is 11.2 Å². The molecule has 3 aromatic rings. The number of benzene rings is 1. The molecule has 120 valence electrons. The van der Waals surface area contributed by atoms with Gasteiger partial charge in [0.2, 0.25) is 0 Å².